The van der Waals surface area contributed by atoms with Gasteiger partial charge in [-0.1, -0.05) is 0 Å². The molecule has 0 aromatic heterocycles. The summed E-state index contributed by atoms with van der Waals surface area (Å²) in [5.41, 5.74) is -1.81. The summed E-state index contributed by atoms with van der Waals surface area (Å²) < 4.78 is 37.2. The monoisotopic (exact) mass is 304 g/mol. The Morgan fingerprint density at radius 3 is 2.19 bits per heavy atom. The van der Waals surface area contributed by atoms with Gasteiger partial charge in [0.25, 0.3) is 5.91 Å². The summed E-state index contributed by atoms with van der Waals surface area (Å²) in [5.74, 6) is -0.525. The van der Waals surface area contributed by atoms with Gasteiger partial charge in [-0.2, -0.15) is 13.2 Å². The molecule has 0 aliphatic carbocycles. The predicted molar refractivity (Wildman–Crippen MR) is 73.0 cm³/mol. The first-order valence-corrected chi connectivity index (χ1v) is 6.34. The van der Waals surface area contributed by atoms with Crippen LogP contribution in [0.4, 0.5) is 13.2 Å². The molecule has 0 saturated heterocycles. The highest BCUT2D eigenvalue weighted by atomic mass is 19.4. The molecule has 1 aromatic rings. The highest BCUT2D eigenvalue weighted by Gasteiger charge is 2.30. The van der Waals surface area contributed by atoms with Crippen molar-refractivity contribution >= 4 is 5.91 Å². The van der Waals surface area contributed by atoms with E-state index < -0.39 is 23.2 Å². The summed E-state index contributed by atoms with van der Waals surface area (Å²) in [6.07, 6.45) is -4.43. The van der Waals surface area contributed by atoms with Crippen LogP contribution in [0.3, 0.4) is 0 Å². The maximum Gasteiger partial charge on any atom is 0.416 e. The van der Waals surface area contributed by atoms with E-state index in [1.807, 2.05) is 0 Å². The predicted octanol–water partition coefficient (Wildman–Crippen LogP) is 1.75. The number of halogens is 3. The second-order valence-corrected chi connectivity index (χ2v) is 5.49. The molecule has 0 fully saturated rings. The van der Waals surface area contributed by atoms with Crippen molar-refractivity contribution in [3.63, 3.8) is 0 Å². The minimum Gasteiger partial charge on any atom is -0.387 e. The van der Waals surface area contributed by atoms with Crippen molar-refractivity contribution in [3.8, 4) is 0 Å². The van der Waals surface area contributed by atoms with E-state index >= 15 is 0 Å². The van der Waals surface area contributed by atoms with Crippen LogP contribution in [-0.2, 0) is 6.18 Å². The number of amides is 1. The number of nitrogens with one attached hydrogen (secondary N) is 1. The first kappa shape index (κ1) is 17.5. The van der Waals surface area contributed by atoms with Gasteiger partial charge >= 0.3 is 6.18 Å². The van der Waals surface area contributed by atoms with Crippen LogP contribution < -0.4 is 5.32 Å². The lowest BCUT2D eigenvalue weighted by Gasteiger charge is -2.27. The average Bonchev–Trinajstić information content (AvgIpc) is 2.33. The topological polar surface area (TPSA) is 52.6 Å². The van der Waals surface area contributed by atoms with Crippen LogP contribution in [0, 0.1) is 0 Å². The number of carbonyl (C=O) groups excluding carboxylic acids is 1. The van der Waals surface area contributed by atoms with Crippen LogP contribution in [0.2, 0.25) is 0 Å². The number of nitrogens with zero attached hydrogens (tertiary/aromatic N) is 1. The Morgan fingerprint density at radius 2 is 1.76 bits per heavy atom. The Kier molecular flexibility index (Phi) is 5.36. The van der Waals surface area contributed by atoms with Gasteiger partial charge in [0.15, 0.2) is 0 Å². The summed E-state index contributed by atoms with van der Waals surface area (Å²) in [7, 11) is 3.57. The normalized spacial score (nSPS) is 14.9. The van der Waals surface area contributed by atoms with Crippen LogP contribution in [0.1, 0.15) is 22.8 Å². The van der Waals surface area contributed by atoms with Crippen molar-refractivity contribution in [2.75, 3.05) is 27.2 Å². The lowest BCUT2D eigenvalue weighted by atomic mass is 10.1. The fraction of sp³-hybridized carbons (Fsp3) is 0.500. The van der Waals surface area contributed by atoms with E-state index in [4.69, 9.17) is 0 Å². The lowest BCUT2D eigenvalue weighted by Crippen LogP contribution is -2.47. The molecule has 0 radical (unpaired) electrons. The fourth-order valence-corrected chi connectivity index (χ4v) is 1.92. The van der Waals surface area contributed by atoms with E-state index in [-0.39, 0.29) is 12.1 Å². The number of rotatable bonds is 5. The lowest BCUT2D eigenvalue weighted by molar-refractivity contribution is -0.137. The van der Waals surface area contributed by atoms with Crippen molar-refractivity contribution in [2.24, 2.45) is 0 Å². The average molecular weight is 304 g/mol. The maximum absolute atomic E-state index is 12.4. The van der Waals surface area contributed by atoms with Crippen LogP contribution in [0.15, 0.2) is 24.3 Å². The molecule has 7 heteroatoms. The number of benzene rings is 1. The van der Waals surface area contributed by atoms with E-state index in [0.29, 0.717) is 6.54 Å². The largest absolute Gasteiger partial charge is 0.416 e. The van der Waals surface area contributed by atoms with Crippen molar-refractivity contribution in [1.29, 1.82) is 0 Å². The molecule has 21 heavy (non-hydrogen) atoms. The molecule has 0 aliphatic heterocycles. The third-order valence-electron chi connectivity index (χ3n) is 2.76. The van der Waals surface area contributed by atoms with E-state index in [0.717, 1.165) is 24.3 Å². The molecule has 1 aromatic carbocycles. The van der Waals surface area contributed by atoms with Crippen molar-refractivity contribution in [3.05, 3.63) is 35.4 Å². The first-order chi connectivity index (χ1) is 9.51. The number of hydrogen-bond donors (Lipinski definition) is 2. The highest BCUT2D eigenvalue weighted by Crippen LogP contribution is 2.29. The van der Waals surface area contributed by atoms with Gasteiger partial charge in [-0.25, -0.2) is 0 Å². The summed E-state index contributed by atoms with van der Waals surface area (Å²) in [5, 5.41) is 12.5. The summed E-state index contributed by atoms with van der Waals surface area (Å²) in [6.45, 7) is 1.92. The second kappa shape index (κ2) is 6.44. The number of aliphatic hydroxyl groups is 1. The summed E-state index contributed by atoms with van der Waals surface area (Å²) >= 11 is 0. The number of likely N-dealkylation sites (N-methyl/N-ethyl adjacent to an activating group) is 1. The Balaban J connectivity index is 2.64. The zero-order valence-electron chi connectivity index (χ0n) is 12.2. The van der Waals surface area contributed by atoms with Gasteiger partial charge in [-0.15, -0.1) is 0 Å². The van der Waals surface area contributed by atoms with Gasteiger partial charge < -0.3 is 15.3 Å². The molecule has 1 unspecified atom stereocenters. The van der Waals surface area contributed by atoms with Crippen molar-refractivity contribution in [1.82, 2.24) is 10.2 Å². The van der Waals surface area contributed by atoms with Crippen molar-refractivity contribution < 1.29 is 23.1 Å². The highest BCUT2D eigenvalue weighted by molar-refractivity contribution is 5.94. The molecule has 1 amide bonds. The number of alkyl halides is 3. The second-order valence-electron chi connectivity index (χ2n) is 5.49. The molecule has 118 valence electrons. The fourth-order valence-electron chi connectivity index (χ4n) is 1.92. The summed E-state index contributed by atoms with van der Waals surface area (Å²) in [4.78, 5) is 13.6. The molecule has 0 spiro atoms. The standard InChI is InChI=1S/C14H19F3N2O2/c1-13(21,9-19(2)3)8-18-12(20)10-4-6-11(7-5-10)14(15,16)17/h4-7,21H,8-9H2,1-3H3,(H,18,20). The zero-order chi connectivity index (χ0) is 16.3. The minimum atomic E-state index is -4.43. The third kappa shape index (κ3) is 5.73. The third-order valence-corrected chi connectivity index (χ3v) is 2.76. The Bertz CT molecular complexity index is 482. The smallest absolute Gasteiger partial charge is 0.387 e. The first-order valence-electron chi connectivity index (χ1n) is 6.34. The van der Waals surface area contributed by atoms with E-state index in [9.17, 15) is 23.1 Å². The van der Waals surface area contributed by atoms with Crippen molar-refractivity contribution in [2.45, 2.75) is 18.7 Å². The van der Waals surface area contributed by atoms with E-state index in [1.165, 1.54) is 0 Å². The molecular formula is C14H19F3N2O2. The van der Waals surface area contributed by atoms with Gasteiger partial charge in [0, 0.05) is 18.7 Å². The van der Waals surface area contributed by atoms with Gasteiger partial charge in [0.1, 0.15) is 0 Å². The molecule has 0 bridgehead atoms. The Hall–Kier alpha value is -1.60. The van der Waals surface area contributed by atoms with Gasteiger partial charge in [0.2, 0.25) is 0 Å². The minimum absolute atomic E-state index is 0.00500. The van der Waals surface area contributed by atoms with Gasteiger partial charge in [-0.3, -0.25) is 4.79 Å². The van der Waals surface area contributed by atoms with Crippen LogP contribution in [0.5, 0.6) is 0 Å². The van der Waals surface area contributed by atoms with Gasteiger partial charge in [0.05, 0.1) is 11.2 Å². The molecule has 1 rings (SSSR count). The van der Waals surface area contributed by atoms with E-state index in [2.05, 4.69) is 5.32 Å². The van der Waals surface area contributed by atoms with Gasteiger partial charge in [-0.05, 0) is 45.3 Å². The molecule has 1 atom stereocenters. The Morgan fingerprint density at radius 1 is 1.24 bits per heavy atom. The molecule has 0 saturated carbocycles. The quantitative estimate of drug-likeness (QED) is 0.871. The molecule has 2 N–H and O–H groups in total. The number of carbonyl (C=O) groups is 1. The van der Waals surface area contributed by atoms with Crippen LogP contribution in [0.25, 0.3) is 0 Å². The summed E-state index contributed by atoms with van der Waals surface area (Å²) in [6, 6.07) is 3.93. The molecule has 4 nitrogen and oxygen atoms in total. The number of hydrogen-bond acceptors (Lipinski definition) is 3. The van der Waals surface area contributed by atoms with Crippen LogP contribution >= 0.6 is 0 Å². The maximum atomic E-state index is 12.4. The SMILES string of the molecule is CN(C)CC(C)(O)CNC(=O)c1ccc(C(F)(F)F)cc1. The molecule has 0 aliphatic rings. The Labute approximate surface area is 121 Å². The van der Waals surface area contributed by atoms with E-state index in [1.54, 1.807) is 25.9 Å². The molecular weight excluding hydrogens is 285 g/mol. The van der Waals surface area contributed by atoms with Crippen LogP contribution in [-0.4, -0.2) is 48.7 Å². The molecule has 0 heterocycles. The zero-order valence-corrected chi connectivity index (χ0v) is 12.2.